The fourth-order valence-electron chi connectivity index (χ4n) is 5.05. The number of carbonyl (C=O) groups excluding carboxylic acids is 1. The second kappa shape index (κ2) is 13.1. The molecule has 1 aliphatic heterocycles. The maximum absolute atomic E-state index is 15.3. The van der Waals surface area contributed by atoms with E-state index in [1.807, 2.05) is 6.07 Å². The van der Waals surface area contributed by atoms with Crippen molar-refractivity contribution >= 4 is 49.0 Å². The first-order chi connectivity index (χ1) is 21.4. The van der Waals surface area contributed by atoms with Gasteiger partial charge in [-0.05, 0) is 70.0 Å². The monoisotopic (exact) mass is 669 g/mol. The highest BCUT2D eigenvalue weighted by atomic mass is 32.2. The van der Waals surface area contributed by atoms with Gasteiger partial charge in [0.25, 0.3) is 0 Å². The molecule has 0 spiro atoms. The van der Waals surface area contributed by atoms with Gasteiger partial charge in [0.15, 0.2) is 5.17 Å². The molecule has 11 nitrogen and oxygen atoms in total. The molecule has 0 radical (unpaired) electrons. The molecular formula is C32H40FN5O6SSi. The molecule has 14 heteroatoms. The van der Waals surface area contributed by atoms with E-state index >= 15 is 4.39 Å². The van der Waals surface area contributed by atoms with Crippen LogP contribution in [0.2, 0.25) is 25.7 Å². The lowest BCUT2D eigenvalue weighted by atomic mass is 9.86. The van der Waals surface area contributed by atoms with Crippen molar-refractivity contribution in [2.24, 2.45) is 10.9 Å². The van der Waals surface area contributed by atoms with Crippen molar-refractivity contribution in [3.05, 3.63) is 53.0 Å². The fourth-order valence-corrected chi connectivity index (χ4v) is 7.31. The molecule has 1 saturated carbocycles. The van der Waals surface area contributed by atoms with Gasteiger partial charge in [0.05, 0.1) is 23.9 Å². The van der Waals surface area contributed by atoms with Gasteiger partial charge >= 0.3 is 12.1 Å². The molecule has 1 amide bonds. The van der Waals surface area contributed by atoms with E-state index in [9.17, 15) is 14.7 Å². The Kier molecular flexibility index (Phi) is 10.0. The van der Waals surface area contributed by atoms with Gasteiger partial charge in [0.1, 0.15) is 29.0 Å². The second-order valence-corrected chi connectivity index (χ2v) is 20.6. The minimum absolute atomic E-state index is 0.0335. The number of halogens is 1. The number of carboxylic acids is 1. The Labute approximate surface area is 273 Å². The standard InChI is InChI=1S/C32H40FN5O6SSi/c1-30(2,3)44-29(41)38(19-43-11-12-46(6,7)8)28-37-31(4,25-15-32(25,45-28)27(39)40)22-13-21(18-36-26(22)42-5)14-23(33)24-10-9-20(16-34)17-35-24/h9-10,13-14,17-18,25H,11-12,15,19H2,1-8H3,(H,39,40). The Hall–Kier alpha value is -3.80. The molecule has 246 valence electrons. The maximum Gasteiger partial charge on any atom is 0.418 e. The van der Waals surface area contributed by atoms with E-state index < -0.39 is 47.8 Å². The number of amides is 1. The number of aliphatic imine (C=N–C) groups is 1. The number of aromatic nitrogens is 2. The van der Waals surface area contributed by atoms with Crippen LogP contribution in [0.4, 0.5) is 9.18 Å². The van der Waals surface area contributed by atoms with E-state index in [0.717, 1.165) is 17.8 Å². The molecule has 1 N–H and O–H groups in total. The van der Waals surface area contributed by atoms with Crippen LogP contribution < -0.4 is 4.74 Å². The molecule has 3 heterocycles. The smallest absolute Gasteiger partial charge is 0.418 e. The Morgan fingerprint density at radius 1 is 1.26 bits per heavy atom. The molecule has 0 saturated heterocycles. The summed E-state index contributed by atoms with van der Waals surface area (Å²) in [4.78, 5) is 41.0. The van der Waals surface area contributed by atoms with E-state index in [1.54, 1.807) is 33.8 Å². The summed E-state index contributed by atoms with van der Waals surface area (Å²) in [6.07, 6.45) is 3.50. The fraction of sp³-hybridized carbons (Fsp3) is 0.500. The van der Waals surface area contributed by atoms with Gasteiger partial charge in [-0.1, -0.05) is 31.4 Å². The Bertz CT molecular complexity index is 1600. The normalized spacial score (nSPS) is 22.7. The lowest BCUT2D eigenvalue weighted by Crippen LogP contribution is -2.47. The summed E-state index contributed by atoms with van der Waals surface area (Å²) in [5, 5.41) is 19.6. The first-order valence-electron chi connectivity index (χ1n) is 14.8. The summed E-state index contributed by atoms with van der Waals surface area (Å²) >= 11 is 1.01. The lowest BCUT2D eigenvalue weighted by Gasteiger charge is -2.37. The summed E-state index contributed by atoms with van der Waals surface area (Å²) in [6.45, 7) is 13.9. The van der Waals surface area contributed by atoms with Crippen molar-refractivity contribution in [2.45, 2.75) is 75.7 Å². The predicted octanol–water partition coefficient (Wildman–Crippen LogP) is 6.54. The molecular weight excluding hydrogens is 630 g/mol. The van der Waals surface area contributed by atoms with Gasteiger partial charge in [-0.2, -0.15) is 5.26 Å². The predicted molar refractivity (Wildman–Crippen MR) is 177 cm³/mol. The molecule has 0 bridgehead atoms. The van der Waals surface area contributed by atoms with Crippen molar-refractivity contribution < 1.29 is 33.3 Å². The number of amidine groups is 1. The molecule has 2 aromatic heterocycles. The second-order valence-electron chi connectivity index (χ2n) is 13.7. The van der Waals surface area contributed by atoms with Crippen molar-refractivity contribution in [3.63, 3.8) is 0 Å². The van der Waals surface area contributed by atoms with Crippen molar-refractivity contribution in [1.29, 1.82) is 5.26 Å². The van der Waals surface area contributed by atoms with E-state index in [2.05, 4.69) is 29.6 Å². The first-order valence-corrected chi connectivity index (χ1v) is 19.3. The molecule has 3 atom stereocenters. The number of nitrogens with zero attached hydrogens (tertiary/aromatic N) is 5. The number of hydrogen-bond acceptors (Lipinski definition) is 10. The largest absolute Gasteiger partial charge is 0.481 e. The summed E-state index contributed by atoms with van der Waals surface area (Å²) in [5.41, 5.74) is -0.940. The third-order valence-electron chi connectivity index (χ3n) is 7.66. The van der Waals surface area contributed by atoms with Crippen LogP contribution in [0.15, 0.2) is 35.6 Å². The average Bonchev–Trinajstić information content (AvgIpc) is 3.73. The Morgan fingerprint density at radius 2 is 1.98 bits per heavy atom. The summed E-state index contributed by atoms with van der Waals surface area (Å²) in [5.74, 6) is -1.99. The van der Waals surface area contributed by atoms with Crippen LogP contribution in [0.3, 0.4) is 0 Å². The van der Waals surface area contributed by atoms with Crippen molar-refractivity contribution in [2.75, 3.05) is 20.4 Å². The third-order valence-corrected chi connectivity index (χ3v) is 10.8. The molecule has 46 heavy (non-hydrogen) atoms. The van der Waals surface area contributed by atoms with Gasteiger partial charge in [-0.15, -0.1) is 0 Å². The number of hydrogen-bond donors (Lipinski definition) is 1. The minimum atomic E-state index is -1.43. The van der Waals surface area contributed by atoms with E-state index in [1.165, 1.54) is 42.6 Å². The molecule has 1 aliphatic carbocycles. The topological polar surface area (TPSA) is 147 Å². The number of rotatable bonds is 10. The Morgan fingerprint density at radius 3 is 2.54 bits per heavy atom. The molecule has 3 unspecified atom stereocenters. The van der Waals surface area contributed by atoms with Crippen molar-refractivity contribution in [1.82, 2.24) is 14.9 Å². The highest BCUT2D eigenvalue weighted by Gasteiger charge is 2.72. The number of aliphatic carboxylic acids is 1. The quantitative estimate of drug-likeness (QED) is 0.168. The molecule has 2 aliphatic rings. The zero-order valence-electron chi connectivity index (χ0n) is 27.4. The van der Waals surface area contributed by atoms with Gasteiger partial charge < -0.3 is 19.3 Å². The van der Waals surface area contributed by atoms with Crippen LogP contribution in [-0.2, 0) is 19.8 Å². The van der Waals surface area contributed by atoms with E-state index in [4.69, 9.17) is 24.5 Å². The minimum Gasteiger partial charge on any atom is -0.481 e. The SMILES string of the molecule is COc1ncc(C=C(F)c2ccc(C#N)cn2)cc1C1(C)N=C(N(COCC[Si](C)(C)C)C(=O)OC(C)(C)C)SC2(C(=O)O)CC21. The number of ether oxygens (including phenoxy) is 3. The van der Waals surface area contributed by atoms with Crippen LogP contribution in [0, 0.1) is 17.2 Å². The van der Waals surface area contributed by atoms with Crippen LogP contribution in [0.25, 0.3) is 11.9 Å². The summed E-state index contributed by atoms with van der Waals surface area (Å²) in [6, 6.07) is 7.34. The number of carbonyl (C=O) groups is 2. The van der Waals surface area contributed by atoms with Crippen LogP contribution >= 0.6 is 11.8 Å². The maximum atomic E-state index is 15.3. The zero-order chi connectivity index (χ0) is 34.1. The van der Waals surface area contributed by atoms with Crippen molar-refractivity contribution in [3.8, 4) is 11.9 Å². The number of methoxy groups -OCH3 is 1. The van der Waals surface area contributed by atoms with Crippen LogP contribution in [-0.4, -0.2) is 76.1 Å². The van der Waals surface area contributed by atoms with E-state index in [-0.39, 0.29) is 29.9 Å². The summed E-state index contributed by atoms with van der Waals surface area (Å²) in [7, 11) is 0.00703. The zero-order valence-corrected chi connectivity index (χ0v) is 29.2. The van der Waals surface area contributed by atoms with Gasteiger partial charge in [-0.25, -0.2) is 19.1 Å². The van der Waals surface area contributed by atoms with E-state index in [0.29, 0.717) is 23.3 Å². The van der Waals surface area contributed by atoms with Gasteiger partial charge in [0.2, 0.25) is 5.88 Å². The van der Waals surface area contributed by atoms with Crippen LogP contribution in [0.5, 0.6) is 5.88 Å². The molecule has 4 rings (SSSR count). The highest BCUT2D eigenvalue weighted by molar-refractivity contribution is 8.15. The number of thioether (sulfide) groups is 1. The Balaban J connectivity index is 1.79. The number of pyridine rings is 2. The highest BCUT2D eigenvalue weighted by Crippen LogP contribution is 2.67. The molecule has 0 aromatic carbocycles. The number of nitriles is 1. The van der Waals surface area contributed by atoms with Gasteiger partial charge in [0, 0.05) is 38.6 Å². The number of fused-ring (bicyclic) bond motifs is 1. The van der Waals surface area contributed by atoms with Gasteiger partial charge in [-0.3, -0.25) is 14.8 Å². The molecule has 1 fully saturated rings. The third kappa shape index (κ3) is 7.76. The summed E-state index contributed by atoms with van der Waals surface area (Å²) < 4.78 is 31.2. The lowest BCUT2D eigenvalue weighted by molar-refractivity contribution is -0.137. The van der Waals surface area contributed by atoms with Crippen LogP contribution in [0.1, 0.15) is 56.5 Å². The average molecular weight is 670 g/mol. The molecule has 2 aromatic rings. The first kappa shape index (κ1) is 35.1. The number of carboxylic acid groups (broad SMARTS) is 1.